The third kappa shape index (κ3) is 3.29. The fraction of sp³-hybridized carbons (Fsp3) is 0.167. The Morgan fingerprint density at radius 1 is 1.17 bits per heavy atom. The van der Waals surface area contributed by atoms with Crippen LogP contribution in [0, 0.1) is 6.92 Å². The van der Waals surface area contributed by atoms with Crippen molar-refractivity contribution >= 4 is 11.5 Å². The maximum absolute atomic E-state index is 12.2. The molecule has 1 aliphatic rings. The molecule has 2 aromatic carbocycles. The second-order valence-corrected chi connectivity index (χ2v) is 5.11. The number of hydrogen-bond acceptors (Lipinski definition) is 5. The van der Waals surface area contributed by atoms with Crippen molar-refractivity contribution in [3.63, 3.8) is 0 Å². The van der Waals surface area contributed by atoms with E-state index < -0.39 is 0 Å². The van der Waals surface area contributed by atoms with Crippen LogP contribution in [-0.2, 0) is 0 Å². The van der Waals surface area contributed by atoms with E-state index in [1.54, 1.807) is 31.5 Å². The lowest BCUT2D eigenvalue weighted by molar-refractivity contribution is 0.104. The molecule has 0 saturated carbocycles. The van der Waals surface area contributed by atoms with Crippen molar-refractivity contribution in [2.75, 3.05) is 19.2 Å². The third-order valence-corrected chi connectivity index (χ3v) is 3.49. The molecule has 0 unspecified atom stereocenters. The Balaban J connectivity index is 1.71. The lowest BCUT2D eigenvalue weighted by Gasteiger charge is -2.08. The van der Waals surface area contributed by atoms with E-state index in [2.05, 4.69) is 5.32 Å². The van der Waals surface area contributed by atoms with Crippen molar-refractivity contribution < 1.29 is 19.0 Å². The Morgan fingerprint density at radius 2 is 2.00 bits per heavy atom. The number of nitrogens with one attached hydrogen (secondary N) is 1. The summed E-state index contributed by atoms with van der Waals surface area (Å²) in [7, 11) is 1.61. The highest BCUT2D eigenvalue weighted by Crippen LogP contribution is 2.32. The number of aryl methyl sites for hydroxylation is 1. The van der Waals surface area contributed by atoms with E-state index in [1.807, 2.05) is 25.1 Å². The Kier molecular flexibility index (Phi) is 4.19. The van der Waals surface area contributed by atoms with Crippen LogP contribution < -0.4 is 19.5 Å². The average molecular weight is 311 g/mol. The van der Waals surface area contributed by atoms with E-state index in [-0.39, 0.29) is 12.6 Å². The molecule has 5 nitrogen and oxygen atoms in total. The standard InChI is InChI=1S/C18H17NO4/c1-12-3-5-16(21-2)14(9-12)19-8-7-15(20)13-4-6-17-18(10-13)23-11-22-17/h3-10,19H,11H2,1-2H3. The second-order valence-electron chi connectivity index (χ2n) is 5.11. The molecule has 0 saturated heterocycles. The van der Waals surface area contributed by atoms with Crippen molar-refractivity contribution in [3.05, 3.63) is 59.8 Å². The summed E-state index contributed by atoms with van der Waals surface area (Å²) in [4.78, 5) is 12.2. The topological polar surface area (TPSA) is 56.8 Å². The van der Waals surface area contributed by atoms with Crippen molar-refractivity contribution in [2.45, 2.75) is 6.92 Å². The van der Waals surface area contributed by atoms with E-state index in [0.29, 0.717) is 17.1 Å². The van der Waals surface area contributed by atoms with Crippen molar-refractivity contribution in [1.82, 2.24) is 0 Å². The molecule has 23 heavy (non-hydrogen) atoms. The molecule has 1 aliphatic heterocycles. The van der Waals surface area contributed by atoms with Crippen LogP contribution in [0.1, 0.15) is 15.9 Å². The molecule has 0 aliphatic carbocycles. The SMILES string of the molecule is COc1ccc(C)cc1NC=CC(=O)c1ccc2c(c1)OCO2. The van der Waals surface area contributed by atoms with Gasteiger partial charge in [-0.25, -0.2) is 0 Å². The molecular weight excluding hydrogens is 294 g/mol. The fourth-order valence-corrected chi connectivity index (χ4v) is 2.29. The number of carbonyl (C=O) groups excluding carboxylic acids is 1. The maximum atomic E-state index is 12.2. The van der Waals surface area contributed by atoms with Crippen LogP contribution in [0.2, 0.25) is 0 Å². The minimum absolute atomic E-state index is 0.123. The van der Waals surface area contributed by atoms with E-state index in [0.717, 1.165) is 17.0 Å². The number of allylic oxidation sites excluding steroid dienone is 1. The highest BCUT2D eigenvalue weighted by molar-refractivity contribution is 6.05. The largest absolute Gasteiger partial charge is 0.495 e. The van der Waals surface area contributed by atoms with Crippen molar-refractivity contribution in [2.24, 2.45) is 0 Å². The van der Waals surface area contributed by atoms with Gasteiger partial charge in [0.1, 0.15) is 5.75 Å². The molecule has 0 spiro atoms. The molecule has 0 fully saturated rings. The minimum atomic E-state index is -0.123. The number of ether oxygens (including phenoxy) is 3. The van der Waals surface area contributed by atoms with E-state index >= 15 is 0 Å². The molecule has 0 radical (unpaired) electrons. The zero-order chi connectivity index (χ0) is 16.2. The summed E-state index contributed by atoms with van der Waals surface area (Å²) < 4.78 is 15.8. The lowest BCUT2D eigenvalue weighted by atomic mass is 10.1. The van der Waals surface area contributed by atoms with Crippen LogP contribution in [0.3, 0.4) is 0 Å². The molecule has 2 aromatic rings. The zero-order valence-corrected chi connectivity index (χ0v) is 13.0. The predicted molar refractivity (Wildman–Crippen MR) is 87.4 cm³/mol. The van der Waals surface area contributed by atoms with Gasteiger partial charge >= 0.3 is 0 Å². The molecule has 0 atom stereocenters. The van der Waals surface area contributed by atoms with Gasteiger partial charge in [0.25, 0.3) is 0 Å². The number of benzene rings is 2. The smallest absolute Gasteiger partial charge is 0.231 e. The van der Waals surface area contributed by atoms with Crippen LogP contribution in [0.5, 0.6) is 17.2 Å². The first kappa shape index (κ1) is 15.0. The molecule has 0 bridgehead atoms. The normalized spacial score (nSPS) is 12.4. The van der Waals surface area contributed by atoms with Crippen LogP contribution in [-0.4, -0.2) is 19.7 Å². The van der Waals surface area contributed by atoms with Gasteiger partial charge in [-0.2, -0.15) is 0 Å². The van der Waals surface area contributed by atoms with Gasteiger partial charge in [-0.05, 0) is 42.8 Å². The predicted octanol–water partition coefficient (Wildman–Crippen LogP) is 3.54. The van der Waals surface area contributed by atoms with Crippen LogP contribution in [0.15, 0.2) is 48.7 Å². The molecular formula is C18H17NO4. The first-order valence-electron chi connectivity index (χ1n) is 7.19. The molecule has 0 aromatic heterocycles. The second kappa shape index (κ2) is 6.44. The number of ketones is 1. The van der Waals surface area contributed by atoms with Gasteiger partial charge in [0.15, 0.2) is 17.3 Å². The van der Waals surface area contributed by atoms with E-state index in [9.17, 15) is 4.79 Å². The monoisotopic (exact) mass is 311 g/mol. The molecule has 0 amide bonds. The molecule has 1 heterocycles. The van der Waals surface area contributed by atoms with E-state index in [4.69, 9.17) is 14.2 Å². The summed E-state index contributed by atoms with van der Waals surface area (Å²) in [5, 5.41) is 3.08. The van der Waals surface area contributed by atoms with Gasteiger partial charge < -0.3 is 19.5 Å². The van der Waals surface area contributed by atoms with E-state index in [1.165, 1.54) is 6.08 Å². The number of methoxy groups -OCH3 is 1. The molecule has 5 heteroatoms. The molecule has 1 N–H and O–H groups in total. The van der Waals surface area contributed by atoms with Gasteiger partial charge in [-0.1, -0.05) is 6.07 Å². The van der Waals surface area contributed by atoms with Gasteiger partial charge in [0.05, 0.1) is 12.8 Å². The number of rotatable bonds is 5. The lowest BCUT2D eigenvalue weighted by Crippen LogP contribution is -1.98. The van der Waals surface area contributed by atoms with Gasteiger partial charge in [-0.15, -0.1) is 0 Å². The summed E-state index contributed by atoms with van der Waals surface area (Å²) in [5.74, 6) is 1.85. The Labute approximate surface area is 134 Å². The van der Waals surface area contributed by atoms with Gasteiger partial charge in [0.2, 0.25) is 6.79 Å². The van der Waals surface area contributed by atoms with Crippen LogP contribution >= 0.6 is 0 Å². The highest BCUT2D eigenvalue weighted by Gasteiger charge is 2.15. The average Bonchev–Trinajstić information content (AvgIpc) is 3.02. The summed E-state index contributed by atoms with van der Waals surface area (Å²) in [6, 6.07) is 10.9. The number of fused-ring (bicyclic) bond motifs is 1. The zero-order valence-electron chi connectivity index (χ0n) is 13.0. The van der Waals surface area contributed by atoms with Gasteiger partial charge in [-0.3, -0.25) is 4.79 Å². The quantitative estimate of drug-likeness (QED) is 0.676. The Hall–Kier alpha value is -2.95. The fourth-order valence-electron chi connectivity index (χ4n) is 2.29. The summed E-state index contributed by atoms with van der Waals surface area (Å²) in [6.45, 7) is 2.18. The first-order chi connectivity index (χ1) is 11.2. The molecule has 118 valence electrons. The van der Waals surface area contributed by atoms with Crippen molar-refractivity contribution in [1.29, 1.82) is 0 Å². The van der Waals surface area contributed by atoms with Crippen LogP contribution in [0.25, 0.3) is 0 Å². The van der Waals surface area contributed by atoms with Crippen LogP contribution in [0.4, 0.5) is 5.69 Å². The summed E-state index contributed by atoms with van der Waals surface area (Å²) in [6.07, 6.45) is 3.07. The number of carbonyl (C=O) groups is 1. The first-order valence-corrected chi connectivity index (χ1v) is 7.19. The third-order valence-electron chi connectivity index (χ3n) is 3.49. The maximum Gasteiger partial charge on any atom is 0.231 e. The Bertz CT molecular complexity index is 768. The number of anilines is 1. The Morgan fingerprint density at radius 3 is 2.83 bits per heavy atom. The summed E-state index contributed by atoms with van der Waals surface area (Å²) >= 11 is 0. The number of hydrogen-bond donors (Lipinski definition) is 1. The minimum Gasteiger partial charge on any atom is -0.495 e. The highest BCUT2D eigenvalue weighted by atomic mass is 16.7. The van der Waals surface area contributed by atoms with Gasteiger partial charge in [0, 0.05) is 17.8 Å². The molecule has 3 rings (SSSR count). The summed E-state index contributed by atoms with van der Waals surface area (Å²) in [5.41, 5.74) is 2.45. The van der Waals surface area contributed by atoms with Crippen molar-refractivity contribution in [3.8, 4) is 17.2 Å².